The zero-order chi connectivity index (χ0) is 11.5. The molecular weight excluding hydrogens is 230 g/mol. The molecule has 0 aliphatic carbocycles. The lowest BCUT2D eigenvalue weighted by atomic mass is 10.2. The van der Waals surface area contributed by atoms with Crippen LogP contribution in [-0.2, 0) is 0 Å². The molecule has 0 saturated carbocycles. The van der Waals surface area contributed by atoms with Crippen LogP contribution in [0.15, 0.2) is 29.1 Å². The van der Waals surface area contributed by atoms with E-state index in [0.717, 1.165) is 11.8 Å². The van der Waals surface area contributed by atoms with E-state index in [1.165, 1.54) is 23.5 Å². The highest BCUT2D eigenvalue weighted by Crippen LogP contribution is 2.22. The van der Waals surface area contributed by atoms with Crippen LogP contribution in [0, 0.1) is 11.6 Å². The molecule has 0 spiro atoms. The Kier molecular flexibility index (Phi) is 3.14. The van der Waals surface area contributed by atoms with Crippen molar-refractivity contribution in [1.82, 2.24) is 4.98 Å². The second-order valence-corrected chi connectivity index (χ2v) is 4.10. The quantitative estimate of drug-likeness (QED) is 0.886. The molecule has 84 valence electrons. The zero-order valence-electron chi connectivity index (χ0n) is 8.58. The third-order valence-corrected chi connectivity index (χ3v) is 2.82. The Hall–Kier alpha value is -1.49. The lowest BCUT2D eigenvalue weighted by Crippen LogP contribution is -2.08. The Morgan fingerprint density at radius 3 is 2.88 bits per heavy atom. The second-order valence-electron chi connectivity index (χ2n) is 3.38. The molecule has 0 bridgehead atoms. The average molecular weight is 240 g/mol. The van der Waals surface area contributed by atoms with E-state index >= 15 is 0 Å². The third-order valence-electron chi connectivity index (χ3n) is 2.22. The van der Waals surface area contributed by atoms with Crippen molar-refractivity contribution in [2.45, 2.75) is 13.0 Å². The molecule has 0 amide bonds. The van der Waals surface area contributed by atoms with Crippen molar-refractivity contribution >= 4 is 17.0 Å². The molecule has 0 saturated heterocycles. The molecule has 1 aromatic heterocycles. The van der Waals surface area contributed by atoms with Crippen molar-refractivity contribution in [2.24, 2.45) is 0 Å². The first-order valence-corrected chi connectivity index (χ1v) is 5.71. The van der Waals surface area contributed by atoms with E-state index in [1.54, 1.807) is 5.51 Å². The summed E-state index contributed by atoms with van der Waals surface area (Å²) in [5.74, 6) is -1.71. The number of hydrogen-bond donors (Lipinski definition) is 1. The number of hydrogen-bond acceptors (Lipinski definition) is 3. The van der Waals surface area contributed by atoms with Crippen LogP contribution in [-0.4, -0.2) is 4.98 Å². The van der Waals surface area contributed by atoms with Gasteiger partial charge in [0.15, 0.2) is 11.6 Å². The Bertz CT molecular complexity index is 471. The molecule has 2 aromatic rings. The van der Waals surface area contributed by atoms with Gasteiger partial charge in [-0.05, 0) is 19.1 Å². The van der Waals surface area contributed by atoms with E-state index in [-0.39, 0.29) is 11.7 Å². The second kappa shape index (κ2) is 4.57. The number of anilines is 1. The highest BCUT2D eigenvalue weighted by molar-refractivity contribution is 7.07. The molecule has 1 unspecified atom stereocenters. The summed E-state index contributed by atoms with van der Waals surface area (Å²) in [6, 6.07) is 3.91. The van der Waals surface area contributed by atoms with Gasteiger partial charge >= 0.3 is 0 Å². The smallest absolute Gasteiger partial charge is 0.181 e. The summed E-state index contributed by atoms with van der Waals surface area (Å²) >= 11 is 1.47. The SMILES string of the molecule is CC(Nc1cccc(F)c1F)c1cscn1. The van der Waals surface area contributed by atoms with Crippen LogP contribution in [0.5, 0.6) is 0 Å². The molecule has 2 nitrogen and oxygen atoms in total. The topological polar surface area (TPSA) is 24.9 Å². The van der Waals surface area contributed by atoms with Crippen LogP contribution in [0.25, 0.3) is 0 Å². The van der Waals surface area contributed by atoms with Gasteiger partial charge in [0.25, 0.3) is 0 Å². The fourth-order valence-electron chi connectivity index (χ4n) is 1.36. The Labute approximate surface area is 96.0 Å². The summed E-state index contributed by atoms with van der Waals surface area (Å²) in [7, 11) is 0. The van der Waals surface area contributed by atoms with Crippen molar-refractivity contribution in [3.8, 4) is 0 Å². The molecule has 1 heterocycles. The van der Waals surface area contributed by atoms with Gasteiger partial charge in [0, 0.05) is 5.38 Å². The predicted octanol–water partition coefficient (Wildman–Crippen LogP) is 3.59. The maximum Gasteiger partial charge on any atom is 0.181 e. The van der Waals surface area contributed by atoms with Crippen LogP contribution in [0.1, 0.15) is 18.7 Å². The minimum Gasteiger partial charge on any atom is -0.374 e. The fraction of sp³-hybridized carbons (Fsp3) is 0.182. The number of nitrogens with zero attached hydrogens (tertiary/aromatic N) is 1. The average Bonchev–Trinajstić information content (AvgIpc) is 2.78. The van der Waals surface area contributed by atoms with Gasteiger partial charge < -0.3 is 5.32 Å². The van der Waals surface area contributed by atoms with Crippen LogP contribution >= 0.6 is 11.3 Å². The van der Waals surface area contributed by atoms with E-state index in [9.17, 15) is 8.78 Å². The van der Waals surface area contributed by atoms with Gasteiger partial charge in [-0.15, -0.1) is 11.3 Å². The first-order valence-electron chi connectivity index (χ1n) is 4.77. The van der Waals surface area contributed by atoms with Crippen molar-refractivity contribution in [3.63, 3.8) is 0 Å². The van der Waals surface area contributed by atoms with E-state index in [2.05, 4.69) is 10.3 Å². The normalized spacial score (nSPS) is 12.4. The minimum atomic E-state index is -0.857. The first kappa shape index (κ1) is 11.0. The van der Waals surface area contributed by atoms with Crippen LogP contribution < -0.4 is 5.32 Å². The van der Waals surface area contributed by atoms with E-state index in [4.69, 9.17) is 0 Å². The largest absolute Gasteiger partial charge is 0.374 e. The molecule has 0 fully saturated rings. The van der Waals surface area contributed by atoms with Gasteiger partial charge in [-0.3, -0.25) is 0 Å². The summed E-state index contributed by atoms with van der Waals surface area (Å²) in [4.78, 5) is 4.10. The highest BCUT2D eigenvalue weighted by Gasteiger charge is 2.12. The molecule has 2 rings (SSSR count). The van der Waals surface area contributed by atoms with Crippen LogP contribution in [0.4, 0.5) is 14.5 Å². The van der Waals surface area contributed by atoms with Crippen molar-refractivity contribution in [1.29, 1.82) is 0 Å². The zero-order valence-corrected chi connectivity index (χ0v) is 9.39. The lowest BCUT2D eigenvalue weighted by Gasteiger charge is -2.13. The lowest BCUT2D eigenvalue weighted by molar-refractivity contribution is 0.510. The first-order chi connectivity index (χ1) is 7.68. The van der Waals surface area contributed by atoms with Gasteiger partial charge in [0.1, 0.15) is 0 Å². The van der Waals surface area contributed by atoms with E-state index in [1.807, 2.05) is 12.3 Å². The van der Waals surface area contributed by atoms with Gasteiger partial charge in [-0.2, -0.15) is 0 Å². The number of halogens is 2. The van der Waals surface area contributed by atoms with E-state index < -0.39 is 11.6 Å². The molecular formula is C11H10F2N2S. The monoisotopic (exact) mass is 240 g/mol. The molecule has 1 atom stereocenters. The van der Waals surface area contributed by atoms with Crippen LogP contribution in [0.2, 0.25) is 0 Å². The summed E-state index contributed by atoms with van der Waals surface area (Å²) in [6.45, 7) is 1.85. The minimum absolute atomic E-state index is 0.150. The Morgan fingerprint density at radius 2 is 2.19 bits per heavy atom. The van der Waals surface area contributed by atoms with Gasteiger partial charge in [-0.1, -0.05) is 6.07 Å². The third kappa shape index (κ3) is 2.19. The van der Waals surface area contributed by atoms with Crippen molar-refractivity contribution in [3.05, 3.63) is 46.4 Å². The molecule has 0 radical (unpaired) electrons. The van der Waals surface area contributed by atoms with Crippen molar-refractivity contribution in [2.75, 3.05) is 5.32 Å². The number of nitrogens with one attached hydrogen (secondary N) is 1. The molecule has 1 aromatic carbocycles. The number of rotatable bonds is 3. The Morgan fingerprint density at radius 1 is 1.38 bits per heavy atom. The molecule has 0 aliphatic heterocycles. The number of thiazole rings is 1. The highest BCUT2D eigenvalue weighted by atomic mass is 32.1. The maximum absolute atomic E-state index is 13.3. The molecule has 16 heavy (non-hydrogen) atoms. The van der Waals surface area contributed by atoms with Gasteiger partial charge in [0.05, 0.1) is 22.9 Å². The van der Waals surface area contributed by atoms with Gasteiger partial charge in [0.2, 0.25) is 0 Å². The summed E-state index contributed by atoms with van der Waals surface area (Å²) < 4.78 is 26.3. The standard InChI is InChI=1S/C11H10F2N2S/c1-7(10-5-16-6-14-10)15-9-4-2-3-8(12)11(9)13/h2-7,15H,1H3. The maximum atomic E-state index is 13.3. The Balaban J connectivity index is 2.18. The van der Waals surface area contributed by atoms with Crippen molar-refractivity contribution < 1.29 is 8.78 Å². The van der Waals surface area contributed by atoms with Gasteiger partial charge in [-0.25, -0.2) is 13.8 Å². The summed E-state index contributed by atoms with van der Waals surface area (Å²) in [6.07, 6.45) is 0. The fourth-order valence-corrected chi connectivity index (χ4v) is 2.01. The number of benzene rings is 1. The van der Waals surface area contributed by atoms with Crippen LogP contribution in [0.3, 0.4) is 0 Å². The summed E-state index contributed by atoms with van der Waals surface area (Å²) in [5.41, 5.74) is 2.67. The molecule has 1 N–H and O–H groups in total. The summed E-state index contributed by atoms with van der Waals surface area (Å²) in [5, 5.41) is 4.75. The molecule has 0 aliphatic rings. The van der Waals surface area contributed by atoms with E-state index in [0.29, 0.717) is 0 Å². The molecule has 5 heteroatoms. The number of aromatic nitrogens is 1. The predicted molar refractivity (Wildman–Crippen MR) is 60.5 cm³/mol.